The van der Waals surface area contributed by atoms with Crippen molar-refractivity contribution in [2.45, 2.75) is 64.2 Å². The number of rotatable bonds is 5. The van der Waals surface area contributed by atoms with Crippen LogP contribution in [0.2, 0.25) is 0 Å². The Labute approximate surface area is 162 Å². The van der Waals surface area contributed by atoms with Crippen molar-refractivity contribution in [3.8, 4) is 17.6 Å². The molecule has 2 aromatic carbocycles. The van der Waals surface area contributed by atoms with E-state index in [9.17, 15) is 0 Å². The van der Waals surface area contributed by atoms with Crippen molar-refractivity contribution >= 4 is 0 Å². The summed E-state index contributed by atoms with van der Waals surface area (Å²) in [5, 5.41) is 16.6. The van der Waals surface area contributed by atoms with Crippen LogP contribution in [-0.4, -0.2) is 17.1 Å². The molecule has 0 atom stereocenters. The Hall–Kier alpha value is -2.35. The predicted octanol–water partition coefficient (Wildman–Crippen LogP) is 4.75. The van der Waals surface area contributed by atoms with Crippen LogP contribution in [0.5, 0.6) is 11.5 Å². The van der Waals surface area contributed by atoms with Gasteiger partial charge in [0, 0.05) is 23.7 Å². The highest BCUT2D eigenvalue weighted by atomic mass is 16.5. The minimum absolute atomic E-state index is 0.144. The lowest BCUT2D eigenvalue weighted by atomic mass is 9.79. The van der Waals surface area contributed by atoms with Crippen LogP contribution in [0.3, 0.4) is 0 Å². The third-order valence-corrected chi connectivity index (χ3v) is 4.94. The fourth-order valence-corrected chi connectivity index (χ4v) is 4.18. The maximum absolute atomic E-state index is 9.17. The molecule has 0 unspecified atom stereocenters. The van der Waals surface area contributed by atoms with E-state index in [-0.39, 0.29) is 11.1 Å². The van der Waals surface area contributed by atoms with Crippen LogP contribution in [-0.2, 0) is 6.54 Å². The summed E-state index contributed by atoms with van der Waals surface area (Å²) in [6, 6.07) is 18.0. The number of nitriles is 1. The molecule has 0 aromatic heterocycles. The molecule has 1 heterocycles. The van der Waals surface area contributed by atoms with Gasteiger partial charge in [-0.05, 0) is 70.4 Å². The predicted molar refractivity (Wildman–Crippen MR) is 109 cm³/mol. The Balaban J connectivity index is 1.59. The number of hydrogen-bond acceptors (Lipinski definition) is 4. The highest BCUT2D eigenvalue weighted by Crippen LogP contribution is 2.29. The number of benzene rings is 2. The van der Waals surface area contributed by atoms with Crippen LogP contribution in [0.1, 0.15) is 51.7 Å². The number of ether oxygens (including phenoxy) is 1. The quantitative estimate of drug-likeness (QED) is 0.805. The minimum atomic E-state index is 0.144. The molecule has 0 amide bonds. The first-order chi connectivity index (χ1) is 12.8. The molecule has 1 saturated heterocycles. The Morgan fingerprint density at radius 2 is 1.67 bits per heavy atom. The highest BCUT2D eigenvalue weighted by Gasteiger charge is 2.37. The number of nitrogens with zero attached hydrogens (tertiary/aromatic N) is 1. The van der Waals surface area contributed by atoms with Crippen LogP contribution in [0.25, 0.3) is 0 Å². The van der Waals surface area contributed by atoms with Gasteiger partial charge in [-0.3, -0.25) is 0 Å². The molecule has 27 heavy (non-hydrogen) atoms. The second-order valence-electron chi connectivity index (χ2n) is 8.73. The van der Waals surface area contributed by atoms with Gasteiger partial charge in [0.05, 0.1) is 5.56 Å². The average Bonchev–Trinajstić information content (AvgIpc) is 2.59. The van der Waals surface area contributed by atoms with Crippen LogP contribution in [0, 0.1) is 11.3 Å². The Morgan fingerprint density at radius 1 is 1.04 bits per heavy atom. The Morgan fingerprint density at radius 3 is 2.30 bits per heavy atom. The summed E-state index contributed by atoms with van der Waals surface area (Å²) in [5.41, 5.74) is 2.06. The number of para-hydroxylation sites is 1. The smallest absolute Gasteiger partial charge is 0.145 e. The molecule has 4 heteroatoms. The summed E-state index contributed by atoms with van der Waals surface area (Å²) in [6.45, 7) is 9.93. The summed E-state index contributed by atoms with van der Waals surface area (Å²) in [6.07, 6.45) is 2.23. The highest BCUT2D eigenvalue weighted by molar-refractivity contribution is 5.45. The van der Waals surface area contributed by atoms with Gasteiger partial charge in [-0.2, -0.15) is 5.26 Å². The van der Waals surface area contributed by atoms with E-state index in [1.54, 1.807) is 6.07 Å². The third-order valence-electron chi connectivity index (χ3n) is 4.94. The van der Waals surface area contributed by atoms with Gasteiger partial charge in [-0.25, -0.2) is 0 Å². The van der Waals surface area contributed by atoms with Crippen molar-refractivity contribution in [1.29, 1.82) is 5.26 Å². The van der Waals surface area contributed by atoms with Crippen LogP contribution >= 0.6 is 0 Å². The van der Waals surface area contributed by atoms with E-state index in [4.69, 9.17) is 10.00 Å². The zero-order valence-electron chi connectivity index (χ0n) is 16.7. The maximum atomic E-state index is 9.17. The number of piperidine rings is 1. The van der Waals surface area contributed by atoms with Gasteiger partial charge in [0.1, 0.15) is 17.6 Å². The molecule has 1 aliphatic heterocycles. The van der Waals surface area contributed by atoms with E-state index in [1.807, 2.05) is 30.3 Å². The third kappa shape index (κ3) is 5.32. The van der Waals surface area contributed by atoms with Crippen molar-refractivity contribution in [2.24, 2.45) is 0 Å². The van der Waals surface area contributed by atoms with Crippen molar-refractivity contribution in [3.63, 3.8) is 0 Å². The molecule has 0 radical (unpaired) electrons. The van der Waals surface area contributed by atoms with E-state index in [0.29, 0.717) is 17.4 Å². The lowest BCUT2D eigenvalue weighted by molar-refractivity contribution is 0.145. The first-order valence-corrected chi connectivity index (χ1v) is 9.55. The van der Waals surface area contributed by atoms with E-state index in [1.165, 1.54) is 5.56 Å². The number of nitrogens with one attached hydrogen (secondary N) is 2. The van der Waals surface area contributed by atoms with E-state index in [2.05, 4.69) is 56.5 Å². The van der Waals surface area contributed by atoms with Crippen LogP contribution < -0.4 is 15.4 Å². The first-order valence-electron chi connectivity index (χ1n) is 9.55. The summed E-state index contributed by atoms with van der Waals surface area (Å²) in [5.74, 6) is 1.33. The van der Waals surface area contributed by atoms with Gasteiger partial charge in [-0.15, -0.1) is 0 Å². The molecule has 4 nitrogen and oxygen atoms in total. The molecule has 3 rings (SSSR count). The summed E-state index contributed by atoms with van der Waals surface area (Å²) < 4.78 is 5.85. The van der Waals surface area contributed by atoms with Gasteiger partial charge in [0.15, 0.2) is 0 Å². The van der Waals surface area contributed by atoms with Crippen molar-refractivity contribution in [3.05, 3.63) is 59.7 Å². The first kappa shape index (κ1) is 19.4. The standard InChI is InChI=1S/C23H29N3O/c1-22(2)13-19(14-23(3,4)26-22)25-16-17-9-11-20(12-10-17)27-21-8-6-5-7-18(21)15-24/h5-12,19,25-26H,13-14,16H2,1-4H3. The lowest BCUT2D eigenvalue weighted by Gasteiger charge is -2.46. The fourth-order valence-electron chi connectivity index (χ4n) is 4.18. The summed E-state index contributed by atoms with van der Waals surface area (Å²) >= 11 is 0. The molecule has 0 bridgehead atoms. The molecule has 1 aliphatic rings. The van der Waals surface area contributed by atoms with Crippen molar-refractivity contribution in [1.82, 2.24) is 10.6 Å². The molecule has 1 fully saturated rings. The fraction of sp³-hybridized carbons (Fsp3) is 0.435. The van der Waals surface area contributed by atoms with Crippen LogP contribution in [0.4, 0.5) is 0 Å². The maximum Gasteiger partial charge on any atom is 0.145 e. The van der Waals surface area contributed by atoms with Gasteiger partial charge >= 0.3 is 0 Å². The largest absolute Gasteiger partial charge is 0.456 e. The van der Waals surface area contributed by atoms with Gasteiger partial charge < -0.3 is 15.4 Å². The number of hydrogen-bond donors (Lipinski definition) is 2. The van der Waals surface area contributed by atoms with E-state index in [0.717, 1.165) is 25.1 Å². The summed E-state index contributed by atoms with van der Waals surface area (Å²) in [7, 11) is 0. The molecule has 0 spiro atoms. The van der Waals surface area contributed by atoms with Gasteiger partial charge in [-0.1, -0.05) is 24.3 Å². The molecular weight excluding hydrogens is 334 g/mol. The molecular formula is C23H29N3O. The molecule has 2 N–H and O–H groups in total. The minimum Gasteiger partial charge on any atom is -0.456 e. The second-order valence-corrected chi connectivity index (χ2v) is 8.73. The van der Waals surface area contributed by atoms with Gasteiger partial charge in [0.2, 0.25) is 0 Å². The summed E-state index contributed by atoms with van der Waals surface area (Å²) in [4.78, 5) is 0. The topological polar surface area (TPSA) is 57.1 Å². The van der Waals surface area contributed by atoms with E-state index >= 15 is 0 Å². The van der Waals surface area contributed by atoms with Gasteiger partial charge in [0.25, 0.3) is 0 Å². The zero-order chi connectivity index (χ0) is 19.5. The van der Waals surface area contributed by atoms with Crippen molar-refractivity contribution in [2.75, 3.05) is 0 Å². The van der Waals surface area contributed by atoms with Crippen LogP contribution in [0.15, 0.2) is 48.5 Å². The molecule has 0 aliphatic carbocycles. The second kappa shape index (κ2) is 7.72. The SMILES string of the molecule is CC1(C)CC(NCc2ccc(Oc3ccccc3C#N)cc2)CC(C)(C)N1. The monoisotopic (exact) mass is 363 g/mol. The van der Waals surface area contributed by atoms with Crippen molar-refractivity contribution < 1.29 is 4.74 Å². The molecule has 142 valence electrons. The van der Waals surface area contributed by atoms with E-state index < -0.39 is 0 Å². The zero-order valence-corrected chi connectivity index (χ0v) is 16.7. The lowest BCUT2D eigenvalue weighted by Crippen LogP contribution is -2.61. The molecule has 0 saturated carbocycles. The average molecular weight is 364 g/mol. The normalized spacial score (nSPS) is 18.6. The Kier molecular flexibility index (Phi) is 5.55. The molecule has 2 aromatic rings. The Bertz CT molecular complexity index is 802.